The first-order valence-corrected chi connectivity index (χ1v) is 7.63. The smallest absolute Gasteiger partial charge is 0.138 e. The Morgan fingerprint density at radius 3 is 2.86 bits per heavy atom. The molecule has 112 valence electrons. The quantitative estimate of drug-likeness (QED) is 0.848. The molecular formula is C16H21FN4. The Bertz CT molecular complexity index is 589. The molecule has 2 heterocycles. The molecule has 1 aliphatic heterocycles. The van der Waals surface area contributed by atoms with Gasteiger partial charge in [-0.15, -0.1) is 0 Å². The Balaban J connectivity index is 1.68. The Morgan fingerprint density at radius 1 is 1.29 bits per heavy atom. The van der Waals surface area contributed by atoms with Crippen molar-refractivity contribution in [2.45, 2.75) is 38.6 Å². The van der Waals surface area contributed by atoms with Crippen LogP contribution in [-0.2, 0) is 6.42 Å². The maximum absolute atomic E-state index is 13.3. The van der Waals surface area contributed by atoms with Crippen molar-refractivity contribution in [3.05, 3.63) is 42.2 Å². The average molecular weight is 288 g/mol. The lowest BCUT2D eigenvalue weighted by atomic mass is 10.1. The van der Waals surface area contributed by atoms with Gasteiger partial charge in [0.1, 0.15) is 18.0 Å². The number of aromatic nitrogens is 3. The van der Waals surface area contributed by atoms with Crippen molar-refractivity contribution in [3.8, 4) is 5.69 Å². The molecule has 0 radical (unpaired) electrons. The van der Waals surface area contributed by atoms with Gasteiger partial charge in [0.15, 0.2) is 0 Å². The van der Waals surface area contributed by atoms with Crippen molar-refractivity contribution in [2.24, 2.45) is 0 Å². The molecule has 21 heavy (non-hydrogen) atoms. The molecule has 1 aromatic carbocycles. The summed E-state index contributed by atoms with van der Waals surface area (Å²) < 4.78 is 15.1. The maximum Gasteiger partial charge on any atom is 0.138 e. The Hall–Kier alpha value is -1.75. The summed E-state index contributed by atoms with van der Waals surface area (Å²) >= 11 is 0. The zero-order valence-corrected chi connectivity index (χ0v) is 12.4. The van der Waals surface area contributed by atoms with Gasteiger partial charge < -0.3 is 4.90 Å². The summed E-state index contributed by atoms with van der Waals surface area (Å²) in [6.45, 7) is 4.68. The van der Waals surface area contributed by atoms with Crippen molar-refractivity contribution >= 4 is 0 Å². The van der Waals surface area contributed by atoms with E-state index in [9.17, 15) is 4.39 Å². The number of aryl methyl sites for hydroxylation is 1. The molecule has 0 spiro atoms. The molecule has 5 heteroatoms. The molecule has 2 aromatic rings. The van der Waals surface area contributed by atoms with E-state index >= 15 is 0 Å². The highest BCUT2D eigenvalue weighted by atomic mass is 19.1. The summed E-state index contributed by atoms with van der Waals surface area (Å²) in [4.78, 5) is 6.86. The van der Waals surface area contributed by atoms with Crippen LogP contribution < -0.4 is 0 Å². The van der Waals surface area contributed by atoms with Gasteiger partial charge in [-0.3, -0.25) is 0 Å². The predicted octanol–water partition coefficient (Wildman–Crippen LogP) is 2.82. The monoisotopic (exact) mass is 288 g/mol. The fourth-order valence-corrected chi connectivity index (χ4v) is 2.96. The third kappa shape index (κ3) is 3.29. The summed E-state index contributed by atoms with van der Waals surface area (Å²) in [5.41, 5.74) is 0.733. The average Bonchev–Trinajstić information content (AvgIpc) is 3.16. The standard InChI is InChI=1S/C16H21FN4/c1-13(20-9-2-3-10-20)7-8-16-18-12-19-21(16)15-6-4-5-14(17)11-15/h4-6,11-13H,2-3,7-10H2,1H3. The fraction of sp³-hybridized carbons (Fsp3) is 0.500. The third-order valence-corrected chi connectivity index (χ3v) is 4.22. The van der Waals surface area contributed by atoms with Gasteiger partial charge in [0.05, 0.1) is 5.69 Å². The lowest BCUT2D eigenvalue weighted by molar-refractivity contribution is 0.246. The summed E-state index contributed by atoms with van der Waals surface area (Å²) in [7, 11) is 0. The fourth-order valence-electron chi connectivity index (χ4n) is 2.96. The molecule has 1 saturated heterocycles. The predicted molar refractivity (Wildman–Crippen MR) is 79.9 cm³/mol. The Labute approximate surface area is 124 Å². The van der Waals surface area contributed by atoms with E-state index in [1.54, 1.807) is 17.1 Å². The molecule has 3 rings (SSSR count). The van der Waals surface area contributed by atoms with Crippen LogP contribution in [0, 0.1) is 5.82 Å². The van der Waals surface area contributed by atoms with E-state index in [1.165, 1.54) is 38.1 Å². The molecular weight excluding hydrogens is 267 g/mol. The SMILES string of the molecule is CC(CCc1ncnn1-c1cccc(F)c1)N1CCCC1. The van der Waals surface area contributed by atoms with Crippen molar-refractivity contribution in [1.82, 2.24) is 19.7 Å². The molecule has 0 saturated carbocycles. The normalized spacial score (nSPS) is 17.2. The van der Waals surface area contributed by atoms with E-state index in [2.05, 4.69) is 21.9 Å². The van der Waals surface area contributed by atoms with E-state index in [0.717, 1.165) is 24.4 Å². The van der Waals surface area contributed by atoms with Crippen molar-refractivity contribution in [3.63, 3.8) is 0 Å². The van der Waals surface area contributed by atoms with Crippen molar-refractivity contribution in [1.29, 1.82) is 0 Å². The number of hydrogen-bond acceptors (Lipinski definition) is 3. The lowest BCUT2D eigenvalue weighted by Crippen LogP contribution is -2.30. The molecule has 1 aliphatic rings. The van der Waals surface area contributed by atoms with E-state index < -0.39 is 0 Å². The number of rotatable bonds is 5. The van der Waals surface area contributed by atoms with E-state index in [4.69, 9.17) is 0 Å². The van der Waals surface area contributed by atoms with Crippen LogP contribution in [0.2, 0.25) is 0 Å². The summed E-state index contributed by atoms with van der Waals surface area (Å²) in [5, 5.41) is 4.23. The molecule has 4 nitrogen and oxygen atoms in total. The highest BCUT2D eigenvalue weighted by Gasteiger charge is 2.18. The third-order valence-electron chi connectivity index (χ3n) is 4.22. The lowest BCUT2D eigenvalue weighted by Gasteiger charge is -2.23. The van der Waals surface area contributed by atoms with Crippen LogP contribution in [0.4, 0.5) is 4.39 Å². The summed E-state index contributed by atoms with van der Waals surface area (Å²) in [6.07, 6.45) is 6.07. The van der Waals surface area contributed by atoms with Crippen LogP contribution in [0.25, 0.3) is 5.69 Å². The highest BCUT2D eigenvalue weighted by molar-refractivity contribution is 5.31. The van der Waals surface area contributed by atoms with Gasteiger partial charge in [-0.2, -0.15) is 5.10 Å². The molecule has 1 aromatic heterocycles. The number of halogens is 1. The Kier molecular flexibility index (Phi) is 4.29. The largest absolute Gasteiger partial charge is 0.301 e. The van der Waals surface area contributed by atoms with Gasteiger partial charge >= 0.3 is 0 Å². The van der Waals surface area contributed by atoms with E-state index in [-0.39, 0.29) is 5.82 Å². The zero-order chi connectivity index (χ0) is 14.7. The number of benzene rings is 1. The summed E-state index contributed by atoms with van der Waals surface area (Å²) in [6, 6.07) is 7.04. The maximum atomic E-state index is 13.3. The second-order valence-electron chi connectivity index (χ2n) is 5.70. The summed E-state index contributed by atoms with van der Waals surface area (Å²) in [5.74, 6) is 0.644. The Morgan fingerprint density at radius 2 is 2.10 bits per heavy atom. The second kappa shape index (κ2) is 6.35. The van der Waals surface area contributed by atoms with Gasteiger partial charge in [-0.25, -0.2) is 14.1 Å². The molecule has 1 fully saturated rings. The van der Waals surface area contributed by atoms with Gasteiger partial charge in [0.2, 0.25) is 0 Å². The minimum atomic E-state index is -0.251. The van der Waals surface area contributed by atoms with E-state index in [1.807, 2.05) is 6.07 Å². The molecule has 1 unspecified atom stereocenters. The van der Waals surface area contributed by atoms with E-state index in [0.29, 0.717) is 6.04 Å². The first-order valence-electron chi connectivity index (χ1n) is 7.63. The zero-order valence-electron chi connectivity index (χ0n) is 12.4. The van der Waals surface area contributed by atoms with Crippen LogP contribution in [0.1, 0.15) is 32.0 Å². The number of likely N-dealkylation sites (tertiary alicyclic amines) is 1. The van der Waals surface area contributed by atoms with Gasteiger partial charge in [0.25, 0.3) is 0 Å². The van der Waals surface area contributed by atoms with Crippen molar-refractivity contribution < 1.29 is 4.39 Å². The van der Waals surface area contributed by atoms with Crippen LogP contribution in [0.15, 0.2) is 30.6 Å². The first-order chi connectivity index (χ1) is 10.2. The van der Waals surface area contributed by atoms with Crippen LogP contribution >= 0.6 is 0 Å². The highest BCUT2D eigenvalue weighted by Crippen LogP contribution is 2.17. The van der Waals surface area contributed by atoms with Gasteiger partial charge in [0, 0.05) is 12.5 Å². The van der Waals surface area contributed by atoms with Crippen LogP contribution in [-0.4, -0.2) is 38.8 Å². The number of nitrogens with zero attached hydrogens (tertiary/aromatic N) is 4. The minimum Gasteiger partial charge on any atom is -0.301 e. The van der Waals surface area contributed by atoms with Crippen LogP contribution in [0.3, 0.4) is 0 Å². The molecule has 0 amide bonds. The molecule has 0 aliphatic carbocycles. The first kappa shape index (κ1) is 14.2. The molecule has 1 atom stereocenters. The topological polar surface area (TPSA) is 34.0 Å². The van der Waals surface area contributed by atoms with Gasteiger partial charge in [-0.1, -0.05) is 6.07 Å². The second-order valence-corrected chi connectivity index (χ2v) is 5.70. The van der Waals surface area contributed by atoms with Crippen molar-refractivity contribution in [2.75, 3.05) is 13.1 Å². The minimum absolute atomic E-state index is 0.251. The number of hydrogen-bond donors (Lipinski definition) is 0. The van der Waals surface area contributed by atoms with Crippen LogP contribution in [0.5, 0.6) is 0 Å². The van der Waals surface area contributed by atoms with Gasteiger partial charge in [-0.05, 0) is 57.5 Å². The molecule has 0 bridgehead atoms. The molecule has 0 N–H and O–H groups in total.